The average molecular weight is 318 g/mol. The van der Waals surface area contributed by atoms with Gasteiger partial charge in [0.1, 0.15) is 0 Å². The molecule has 2 nitrogen and oxygen atoms in total. The van der Waals surface area contributed by atoms with Crippen LogP contribution in [0.25, 0.3) is 0 Å². The predicted octanol–water partition coefficient (Wildman–Crippen LogP) is 4.95. The molecule has 3 fully saturated rings. The zero-order valence-electron chi connectivity index (χ0n) is 15.7. The summed E-state index contributed by atoms with van der Waals surface area (Å²) >= 11 is 0. The Bertz CT molecular complexity index is 498. The van der Waals surface area contributed by atoms with Crippen LogP contribution in [0.2, 0.25) is 0 Å². The van der Waals surface area contributed by atoms with E-state index in [1.807, 2.05) is 13.8 Å². The van der Waals surface area contributed by atoms with Crippen molar-refractivity contribution < 1.29 is 4.79 Å². The van der Waals surface area contributed by atoms with E-state index < -0.39 is 0 Å². The van der Waals surface area contributed by atoms with Crippen molar-refractivity contribution in [2.45, 2.75) is 79.2 Å². The smallest absolute Gasteiger partial charge is 0.243 e. The first-order valence-corrected chi connectivity index (χ1v) is 9.95. The fraction of sp³-hybridized carbons (Fsp3) is 0.857. The van der Waals surface area contributed by atoms with E-state index in [9.17, 15) is 4.79 Å². The van der Waals surface area contributed by atoms with Crippen LogP contribution in [0.3, 0.4) is 0 Å². The third kappa shape index (κ3) is 2.39. The number of amides is 1. The van der Waals surface area contributed by atoms with E-state index in [0.717, 1.165) is 23.7 Å². The summed E-state index contributed by atoms with van der Waals surface area (Å²) in [6.07, 6.45) is 12.2. The molecule has 3 saturated carbocycles. The zero-order chi connectivity index (χ0) is 16.8. The number of hydrogen-bond acceptors (Lipinski definition) is 1. The van der Waals surface area contributed by atoms with Crippen LogP contribution >= 0.6 is 0 Å². The van der Waals surface area contributed by atoms with Crippen molar-refractivity contribution in [3.8, 4) is 0 Å². The average Bonchev–Trinajstić information content (AvgIpc) is 2.86. The molecule has 23 heavy (non-hydrogen) atoms. The van der Waals surface area contributed by atoms with Crippen LogP contribution in [0, 0.1) is 34.5 Å². The molecule has 0 spiro atoms. The van der Waals surface area contributed by atoms with Crippen molar-refractivity contribution in [3.63, 3.8) is 0 Å². The van der Waals surface area contributed by atoms with Crippen LogP contribution in [0.1, 0.15) is 73.1 Å². The van der Waals surface area contributed by atoms with Crippen LogP contribution in [0.4, 0.5) is 0 Å². The summed E-state index contributed by atoms with van der Waals surface area (Å²) in [5.41, 5.74) is 0.788. The van der Waals surface area contributed by atoms with E-state index in [1.165, 1.54) is 38.5 Å². The lowest BCUT2D eigenvalue weighted by Crippen LogP contribution is -2.59. The van der Waals surface area contributed by atoms with Gasteiger partial charge in [0.15, 0.2) is 0 Å². The Kier molecular flexibility index (Phi) is 4.40. The first-order valence-electron chi connectivity index (χ1n) is 9.95. The van der Waals surface area contributed by atoms with E-state index in [0.29, 0.717) is 11.5 Å². The molecule has 130 valence electrons. The maximum atomic E-state index is 11.7. The fourth-order valence-corrected chi connectivity index (χ4v) is 6.60. The molecule has 4 aliphatic rings. The van der Waals surface area contributed by atoms with Gasteiger partial charge in [-0.2, -0.15) is 0 Å². The van der Waals surface area contributed by atoms with Gasteiger partial charge in [-0.05, 0) is 73.7 Å². The monoisotopic (exact) mass is 317 g/mol. The lowest BCUT2D eigenvalue weighted by Gasteiger charge is -2.58. The van der Waals surface area contributed by atoms with Crippen molar-refractivity contribution in [3.05, 3.63) is 12.2 Å². The molecule has 2 heteroatoms. The van der Waals surface area contributed by atoms with Crippen molar-refractivity contribution in [1.82, 2.24) is 5.32 Å². The van der Waals surface area contributed by atoms with Gasteiger partial charge in [-0.25, -0.2) is 0 Å². The largest absolute Gasteiger partial charge is 0.349 e. The molecule has 1 aliphatic heterocycles. The second-order valence-electron chi connectivity index (χ2n) is 8.74. The molecule has 4 unspecified atom stereocenters. The van der Waals surface area contributed by atoms with Crippen LogP contribution < -0.4 is 5.32 Å². The fourth-order valence-electron chi connectivity index (χ4n) is 6.60. The van der Waals surface area contributed by atoms with Crippen LogP contribution in [0.15, 0.2) is 12.2 Å². The maximum Gasteiger partial charge on any atom is 0.243 e. The van der Waals surface area contributed by atoms with E-state index in [4.69, 9.17) is 0 Å². The Morgan fingerprint density at radius 2 is 1.78 bits per heavy atom. The highest BCUT2D eigenvalue weighted by Crippen LogP contribution is 2.64. The van der Waals surface area contributed by atoms with Crippen molar-refractivity contribution >= 4 is 5.91 Å². The summed E-state index contributed by atoms with van der Waals surface area (Å²) in [4.78, 5) is 11.7. The van der Waals surface area contributed by atoms with Gasteiger partial charge in [-0.15, -0.1) is 0 Å². The highest BCUT2D eigenvalue weighted by Gasteiger charge is 2.58. The topological polar surface area (TPSA) is 29.1 Å². The second-order valence-corrected chi connectivity index (χ2v) is 8.74. The van der Waals surface area contributed by atoms with Crippen molar-refractivity contribution in [1.29, 1.82) is 0 Å². The first kappa shape index (κ1) is 17.0. The molecule has 1 heterocycles. The molecule has 0 aromatic carbocycles. The number of hydrogen-bond donors (Lipinski definition) is 1. The Morgan fingerprint density at radius 1 is 1.04 bits per heavy atom. The molecule has 0 radical (unpaired) electrons. The minimum absolute atomic E-state index is 0.117. The minimum atomic E-state index is 0.117. The van der Waals surface area contributed by atoms with Gasteiger partial charge in [0.2, 0.25) is 5.91 Å². The summed E-state index contributed by atoms with van der Waals surface area (Å²) in [5.74, 6) is 3.60. The highest BCUT2D eigenvalue weighted by atomic mass is 16.1. The molecule has 0 aromatic heterocycles. The summed E-state index contributed by atoms with van der Waals surface area (Å²) in [7, 11) is 0. The van der Waals surface area contributed by atoms with Crippen LogP contribution in [0.5, 0.6) is 0 Å². The van der Waals surface area contributed by atoms with Crippen LogP contribution in [-0.2, 0) is 4.79 Å². The SMILES string of the molecule is CC.C[C@H]1CCC2C3CCC4NC(=O)C=C[C@]4(C)C3CC[C@@]21C. The molecule has 0 aromatic rings. The zero-order valence-corrected chi connectivity index (χ0v) is 15.7. The first-order chi connectivity index (χ1) is 10.9. The molecule has 0 bridgehead atoms. The second kappa shape index (κ2) is 5.93. The molecule has 7 atom stereocenters. The molecular formula is C21H35NO. The molecule has 3 aliphatic carbocycles. The Balaban J connectivity index is 0.000000753. The Morgan fingerprint density at radius 3 is 2.52 bits per heavy atom. The normalized spacial score (nSPS) is 50.8. The maximum absolute atomic E-state index is 11.7. The van der Waals surface area contributed by atoms with E-state index >= 15 is 0 Å². The summed E-state index contributed by atoms with van der Waals surface area (Å²) < 4.78 is 0. The van der Waals surface area contributed by atoms with E-state index in [1.54, 1.807) is 6.08 Å². The Labute approximate surface area is 142 Å². The number of rotatable bonds is 0. The third-order valence-electron chi connectivity index (χ3n) is 8.16. The number of fused-ring (bicyclic) bond motifs is 5. The predicted molar refractivity (Wildman–Crippen MR) is 96.0 cm³/mol. The van der Waals surface area contributed by atoms with E-state index in [-0.39, 0.29) is 11.3 Å². The molecule has 1 N–H and O–H groups in total. The lowest BCUT2D eigenvalue weighted by atomic mass is 9.48. The van der Waals surface area contributed by atoms with Gasteiger partial charge in [0.25, 0.3) is 0 Å². The van der Waals surface area contributed by atoms with Crippen molar-refractivity contribution in [2.75, 3.05) is 0 Å². The molecular weight excluding hydrogens is 282 g/mol. The van der Waals surface area contributed by atoms with Gasteiger partial charge in [-0.3, -0.25) is 4.79 Å². The van der Waals surface area contributed by atoms with Gasteiger partial charge < -0.3 is 5.32 Å². The number of nitrogens with one attached hydrogen (secondary N) is 1. The molecule has 4 rings (SSSR count). The quantitative estimate of drug-likeness (QED) is 0.673. The minimum Gasteiger partial charge on any atom is -0.349 e. The third-order valence-corrected chi connectivity index (χ3v) is 8.16. The van der Waals surface area contributed by atoms with Gasteiger partial charge in [-0.1, -0.05) is 40.7 Å². The highest BCUT2D eigenvalue weighted by molar-refractivity contribution is 5.89. The van der Waals surface area contributed by atoms with Crippen LogP contribution in [-0.4, -0.2) is 11.9 Å². The summed E-state index contributed by atoms with van der Waals surface area (Å²) in [5, 5.41) is 3.24. The number of carbonyl (C=O) groups is 1. The summed E-state index contributed by atoms with van der Waals surface area (Å²) in [6.45, 7) is 11.5. The Hall–Kier alpha value is -0.790. The van der Waals surface area contributed by atoms with Gasteiger partial charge >= 0.3 is 0 Å². The standard InChI is InChI=1S/C19H29NO.C2H6/c1-12-4-6-14-13-5-7-16-19(3,11-9-17(21)20-16)15(13)8-10-18(12,14)2;1-2/h9,11-16H,4-8,10H2,1-3H3,(H,20,21);1-2H3/t12-,13?,14?,15?,16?,18+,19+;/m0./s1. The van der Waals surface area contributed by atoms with Crippen molar-refractivity contribution in [2.24, 2.45) is 34.5 Å². The van der Waals surface area contributed by atoms with E-state index in [2.05, 4.69) is 32.2 Å². The molecule has 0 saturated heterocycles. The van der Waals surface area contributed by atoms with Gasteiger partial charge in [0.05, 0.1) is 0 Å². The molecule has 1 amide bonds. The number of carbonyl (C=O) groups excluding carboxylic acids is 1. The van der Waals surface area contributed by atoms with Gasteiger partial charge in [0, 0.05) is 11.5 Å². The summed E-state index contributed by atoms with van der Waals surface area (Å²) in [6, 6.07) is 0.374. The lowest BCUT2D eigenvalue weighted by molar-refractivity contribution is -0.122.